The van der Waals surface area contributed by atoms with E-state index in [0.717, 1.165) is 34.5 Å². The van der Waals surface area contributed by atoms with Crippen LogP contribution >= 0.6 is 15.9 Å². The zero-order valence-electron chi connectivity index (χ0n) is 11.7. The first-order valence-corrected chi connectivity index (χ1v) is 7.78. The zero-order chi connectivity index (χ0) is 15.0. The van der Waals surface area contributed by atoms with E-state index in [0.29, 0.717) is 13.1 Å². The molecular weight excluding hydrogens is 336 g/mol. The lowest BCUT2D eigenvalue weighted by molar-refractivity contribution is -0.120. The van der Waals surface area contributed by atoms with Gasteiger partial charge < -0.3 is 20.9 Å². The van der Waals surface area contributed by atoms with Gasteiger partial charge in [-0.2, -0.15) is 0 Å². The fraction of sp³-hybridized carbons (Fsp3) is 0.429. The predicted molar refractivity (Wildman–Crippen MR) is 84.4 cm³/mol. The molecule has 1 unspecified atom stereocenters. The molecule has 2 aliphatic heterocycles. The molecule has 0 spiro atoms. The molecule has 3 rings (SSSR count). The number of anilines is 2. The largest absolute Gasteiger partial charge is 0.359 e. The van der Waals surface area contributed by atoms with Crippen LogP contribution in [0.4, 0.5) is 11.4 Å². The molecule has 1 aromatic rings. The Kier molecular flexibility index (Phi) is 3.86. The number of nitrogens with zero attached hydrogens (tertiary/aromatic N) is 1. The first kappa shape index (κ1) is 14.3. The number of rotatable bonds is 3. The Morgan fingerprint density at radius 1 is 1.43 bits per heavy atom. The maximum atomic E-state index is 12.0. The van der Waals surface area contributed by atoms with Crippen LogP contribution < -0.4 is 20.9 Å². The van der Waals surface area contributed by atoms with E-state index in [1.807, 2.05) is 24.0 Å². The van der Waals surface area contributed by atoms with E-state index < -0.39 is 0 Å². The van der Waals surface area contributed by atoms with E-state index in [1.165, 1.54) is 0 Å². The molecule has 0 bridgehead atoms. The van der Waals surface area contributed by atoms with Crippen molar-refractivity contribution in [3.05, 3.63) is 22.2 Å². The fourth-order valence-electron chi connectivity index (χ4n) is 2.76. The highest BCUT2D eigenvalue weighted by Gasteiger charge is 2.31. The van der Waals surface area contributed by atoms with Gasteiger partial charge in [0.15, 0.2) is 0 Å². The van der Waals surface area contributed by atoms with Crippen LogP contribution in [-0.4, -0.2) is 38.0 Å². The van der Waals surface area contributed by atoms with E-state index in [1.54, 1.807) is 0 Å². The van der Waals surface area contributed by atoms with Crippen molar-refractivity contribution in [2.75, 3.05) is 36.4 Å². The quantitative estimate of drug-likeness (QED) is 0.758. The highest BCUT2D eigenvalue weighted by Crippen LogP contribution is 2.39. The number of likely N-dealkylation sites (N-methyl/N-ethyl adjacent to an activating group) is 1. The summed E-state index contributed by atoms with van der Waals surface area (Å²) in [5.74, 6) is -0.0181. The summed E-state index contributed by atoms with van der Waals surface area (Å²) < 4.78 is 0.898. The first-order chi connectivity index (χ1) is 10.1. The number of halogens is 1. The van der Waals surface area contributed by atoms with Crippen LogP contribution in [0, 0.1) is 0 Å². The summed E-state index contributed by atoms with van der Waals surface area (Å²) >= 11 is 3.56. The van der Waals surface area contributed by atoms with Crippen molar-refractivity contribution in [2.24, 2.45) is 0 Å². The predicted octanol–water partition coefficient (Wildman–Crippen LogP) is 0.988. The van der Waals surface area contributed by atoms with E-state index in [2.05, 4.69) is 31.9 Å². The van der Waals surface area contributed by atoms with Gasteiger partial charge >= 0.3 is 0 Å². The molecule has 1 saturated heterocycles. The molecule has 2 heterocycles. The summed E-state index contributed by atoms with van der Waals surface area (Å²) in [4.78, 5) is 25.5. The Hall–Kier alpha value is -1.60. The summed E-state index contributed by atoms with van der Waals surface area (Å²) in [5, 5.41) is 8.88. The number of hydrogen-bond acceptors (Lipinski definition) is 4. The SMILES string of the molecule is CCNC1C(=O)Nc2cc(N3CCNC(=O)C3)c(Br)cc21. The van der Waals surface area contributed by atoms with Crippen molar-refractivity contribution in [1.29, 1.82) is 0 Å². The maximum Gasteiger partial charge on any atom is 0.246 e. The molecule has 0 aliphatic carbocycles. The number of amides is 2. The molecule has 2 aliphatic rings. The highest BCUT2D eigenvalue weighted by molar-refractivity contribution is 9.10. The van der Waals surface area contributed by atoms with E-state index in [4.69, 9.17) is 0 Å². The zero-order valence-corrected chi connectivity index (χ0v) is 13.3. The number of piperazine rings is 1. The molecule has 0 saturated carbocycles. The van der Waals surface area contributed by atoms with Crippen molar-refractivity contribution in [3.8, 4) is 0 Å². The molecule has 0 radical (unpaired) electrons. The lowest BCUT2D eigenvalue weighted by Crippen LogP contribution is -2.47. The molecule has 3 N–H and O–H groups in total. The second-order valence-electron chi connectivity index (χ2n) is 5.14. The lowest BCUT2D eigenvalue weighted by Gasteiger charge is -2.30. The third kappa shape index (κ3) is 2.63. The molecule has 2 amide bonds. The van der Waals surface area contributed by atoms with E-state index >= 15 is 0 Å². The molecule has 7 heteroatoms. The minimum Gasteiger partial charge on any atom is -0.359 e. The number of hydrogen-bond donors (Lipinski definition) is 3. The highest BCUT2D eigenvalue weighted by atomic mass is 79.9. The summed E-state index contributed by atoms with van der Waals surface area (Å²) in [5.41, 5.74) is 2.69. The molecule has 1 aromatic carbocycles. The van der Waals surface area contributed by atoms with Crippen LogP contribution in [0.1, 0.15) is 18.5 Å². The van der Waals surface area contributed by atoms with Crippen LogP contribution in [0.25, 0.3) is 0 Å². The monoisotopic (exact) mass is 352 g/mol. The second-order valence-corrected chi connectivity index (χ2v) is 6.00. The van der Waals surface area contributed by atoms with Gasteiger partial charge in [-0.3, -0.25) is 9.59 Å². The summed E-state index contributed by atoms with van der Waals surface area (Å²) in [6.07, 6.45) is 0. The van der Waals surface area contributed by atoms with Gasteiger partial charge in [-0.05, 0) is 34.6 Å². The van der Waals surface area contributed by atoms with Crippen molar-refractivity contribution >= 4 is 39.1 Å². The van der Waals surface area contributed by atoms with Crippen LogP contribution in [-0.2, 0) is 9.59 Å². The standard InChI is InChI=1S/C14H17BrN4O2/c1-2-16-13-8-5-9(15)11(6-10(8)18-14(13)21)19-4-3-17-12(20)7-19/h5-6,13,16H,2-4,7H2,1H3,(H,17,20)(H,18,21). The minimum absolute atomic E-state index is 0.0169. The smallest absolute Gasteiger partial charge is 0.246 e. The summed E-state index contributed by atoms with van der Waals surface area (Å²) in [7, 11) is 0. The van der Waals surface area contributed by atoms with E-state index in [9.17, 15) is 9.59 Å². The molecule has 21 heavy (non-hydrogen) atoms. The van der Waals surface area contributed by atoms with Gasteiger partial charge in [0.25, 0.3) is 0 Å². The Bertz CT molecular complexity index is 605. The minimum atomic E-state index is -0.306. The second kappa shape index (κ2) is 5.65. The average Bonchev–Trinajstić information content (AvgIpc) is 2.74. The van der Waals surface area contributed by atoms with Gasteiger partial charge in [-0.15, -0.1) is 0 Å². The van der Waals surface area contributed by atoms with Gasteiger partial charge in [-0.1, -0.05) is 6.92 Å². The number of nitrogens with one attached hydrogen (secondary N) is 3. The number of carbonyl (C=O) groups is 2. The third-order valence-electron chi connectivity index (χ3n) is 3.74. The third-order valence-corrected chi connectivity index (χ3v) is 4.37. The maximum absolute atomic E-state index is 12.0. The number of carbonyl (C=O) groups excluding carboxylic acids is 2. The Morgan fingerprint density at radius 3 is 2.95 bits per heavy atom. The van der Waals surface area contributed by atoms with Crippen molar-refractivity contribution < 1.29 is 9.59 Å². The molecule has 6 nitrogen and oxygen atoms in total. The average molecular weight is 353 g/mol. The van der Waals surface area contributed by atoms with Crippen molar-refractivity contribution in [2.45, 2.75) is 13.0 Å². The van der Waals surface area contributed by atoms with Crippen LogP contribution in [0.15, 0.2) is 16.6 Å². The fourth-order valence-corrected chi connectivity index (χ4v) is 3.38. The summed E-state index contributed by atoms with van der Waals surface area (Å²) in [6, 6.07) is 3.59. The van der Waals surface area contributed by atoms with Crippen molar-refractivity contribution in [1.82, 2.24) is 10.6 Å². The van der Waals surface area contributed by atoms with Crippen LogP contribution in [0.3, 0.4) is 0 Å². The topological polar surface area (TPSA) is 73.5 Å². The van der Waals surface area contributed by atoms with Gasteiger partial charge in [0, 0.05) is 28.8 Å². The van der Waals surface area contributed by atoms with Crippen LogP contribution in [0.2, 0.25) is 0 Å². The van der Waals surface area contributed by atoms with Crippen LogP contribution in [0.5, 0.6) is 0 Å². The number of benzene rings is 1. The lowest BCUT2D eigenvalue weighted by atomic mass is 10.1. The van der Waals surface area contributed by atoms with E-state index in [-0.39, 0.29) is 17.9 Å². The van der Waals surface area contributed by atoms with Crippen molar-refractivity contribution in [3.63, 3.8) is 0 Å². The Morgan fingerprint density at radius 2 is 2.24 bits per heavy atom. The summed E-state index contributed by atoms with van der Waals surface area (Å²) in [6.45, 7) is 4.43. The Labute approximate surface area is 131 Å². The van der Waals surface area contributed by atoms with Gasteiger partial charge in [0.2, 0.25) is 11.8 Å². The first-order valence-electron chi connectivity index (χ1n) is 6.99. The molecule has 1 fully saturated rings. The molecule has 112 valence electrons. The normalized spacial score (nSPS) is 21.0. The molecular formula is C14H17BrN4O2. The Balaban J connectivity index is 1.94. The molecule has 1 atom stereocenters. The van der Waals surface area contributed by atoms with Gasteiger partial charge in [0.1, 0.15) is 6.04 Å². The van der Waals surface area contributed by atoms with Gasteiger partial charge in [0.05, 0.1) is 12.2 Å². The number of fused-ring (bicyclic) bond motifs is 1. The molecule has 0 aromatic heterocycles. The van der Waals surface area contributed by atoms with Gasteiger partial charge in [-0.25, -0.2) is 0 Å².